The van der Waals surface area contributed by atoms with E-state index in [1.807, 2.05) is 58.0 Å². The molecule has 160 valence electrons. The number of benzene rings is 1. The number of carbonyl (C=O) groups excluding carboxylic acids is 1. The van der Waals surface area contributed by atoms with Crippen LogP contribution >= 0.6 is 0 Å². The number of ether oxygens (including phenoxy) is 1. The van der Waals surface area contributed by atoms with Crippen LogP contribution < -0.4 is 5.56 Å². The van der Waals surface area contributed by atoms with Crippen molar-refractivity contribution in [3.8, 4) is 0 Å². The van der Waals surface area contributed by atoms with Crippen molar-refractivity contribution >= 4 is 16.9 Å². The number of fused-ring (bicyclic) bond motifs is 1. The fourth-order valence-corrected chi connectivity index (χ4v) is 3.38. The first-order valence-electron chi connectivity index (χ1n) is 10.4. The molecule has 2 heterocycles. The van der Waals surface area contributed by atoms with Gasteiger partial charge in [-0.2, -0.15) is 0 Å². The Balaban J connectivity index is 1.59. The molecule has 1 aliphatic heterocycles. The van der Waals surface area contributed by atoms with Crippen molar-refractivity contribution in [2.24, 2.45) is 5.92 Å². The molecule has 0 radical (unpaired) electrons. The molecule has 1 aromatic carbocycles. The first kappa shape index (κ1) is 21.8. The van der Waals surface area contributed by atoms with Crippen molar-refractivity contribution in [3.05, 3.63) is 64.1 Å². The Morgan fingerprint density at radius 1 is 1.23 bits per heavy atom. The first-order chi connectivity index (χ1) is 14.4. The Morgan fingerprint density at radius 2 is 1.93 bits per heavy atom. The zero-order valence-electron chi connectivity index (χ0n) is 18.1. The normalized spacial score (nSPS) is 16.4. The number of esters is 1. The van der Waals surface area contributed by atoms with E-state index in [-0.39, 0.29) is 17.4 Å². The fraction of sp³-hybridized carbons (Fsp3) is 0.435. The van der Waals surface area contributed by atoms with Gasteiger partial charge in [-0.05, 0) is 38.1 Å². The average molecular weight is 411 g/mol. The minimum absolute atomic E-state index is 0.0946. The monoisotopic (exact) mass is 410 g/mol. The SMILES string of the molecule is C/C=C(\C=C(/C)N1CCN(Cc2nc3ccccc3c(=O)[nH]2)CC1)OC(=O)C(C)C. The van der Waals surface area contributed by atoms with Crippen LogP contribution in [0.15, 0.2) is 52.7 Å². The van der Waals surface area contributed by atoms with Crippen molar-refractivity contribution in [2.45, 2.75) is 34.2 Å². The van der Waals surface area contributed by atoms with Crippen LogP contribution in [0.1, 0.15) is 33.5 Å². The molecule has 0 aliphatic carbocycles. The van der Waals surface area contributed by atoms with Crippen molar-refractivity contribution in [1.82, 2.24) is 19.8 Å². The highest BCUT2D eigenvalue weighted by Gasteiger charge is 2.19. The Labute approximate surface area is 177 Å². The van der Waals surface area contributed by atoms with Crippen molar-refractivity contribution in [2.75, 3.05) is 26.2 Å². The van der Waals surface area contributed by atoms with Gasteiger partial charge in [0.1, 0.15) is 11.6 Å². The van der Waals surface area contributed by atoms with E-state index in [1.54, 1.807) is 6.07 Å². The summed E-state index contributed by atoms with van der Waals surface area (Å²) >= 11 is 0. The summed E-state index contributed by atoms with van der Waals surface area (Å²) in [6.07, 6.45) is 3.72. The lowest BCUT2D eigenvalue weighted by Crippen LogP contribution is -2.45. The Morgan fingerprint density at radius 3 is 2.60 bits per heavy atom. The maximum absolute atomic E-state index is 12.3. The van der Waals surface area contributed by atoms with Gasteiger partial charge in [-0.25, -0.2) is 4.98 Å². The number of piperazine rings is 1. The van der Waals surface area contributed by atoms with Crippen LogP contribution in [0.4, 0.5) is 0 Å². The molecule has 1 saturated heterocycles. The largest absolute Gasteiger partial charge is 0.427 e. The van der Waals surface area contributed by atoms with E-state index in [0.717, 1.165) is 37.4 Å². The first-order valence-corrected chi connectivity index (χ1v) is 10.4. The minimum atomic E-state index is -0.228. The lowest BCUT2D eigenvalue weighted by atomic mass is 10.2. The summed E-state index contributed by atoms with van der Waals surface area (Å²) in [5, 5.41) is 0.616. The third-order valence-corrected chi connectivity index (χ3v) is 5.23. The summed E-state index contributed by atoms with van der Waals surface area (Å²) in [6.45, 7) is 11.6. The van der Waals surface area contributed by atoms with Gasteiger partial charge in [-0.1, -0.05) is 26.0 Å². The maximum atomic E-state index is 12.3. The number of allylic oxidation sites excluding steroid dienone is 3. The van der Waals surface area contributed by atoms with E-state index in [2.05, 4.69) is 19.8 Å². The number of H-pyrrole nitrogens is 1. The molecule has 0 saturated carbocycles. The zero-order valence-corrected chi connectivity index (χ0v) is 18.1. The quantitative estimate of drug-likeness (QED) is 0.448. The Bertz CT molecular complexity index is 1010. The van der Waals surface area contributed by atoms with Crippen molar-refractivity contribution < 1.29 is 9.53 Å². The van der Waals surface area contributed by atoms with Gasteiger partial charge in [-0.3, -0.25) is 14.5 Å². The Hall–Kier alpha value is -2.93. The number of aromatic nitrogens is 2. The molecule has 7 heteroatoms. The third kappa shape index (κ3) is 5.36. The molecule has 1 aliphatic rings. The molecule has 1 aromatic heterocycles. The van der Waals surface area contributed by atoms with Gasteiger partial charge < -0.3 is 14.6 Å². The van der Waals surface area contributed by atoms with E-state index >= 15 is 0 Å². The smallest absolute Gasteiger partial charge is 0.313 e. The average Bonchev–Trinajstić information content (AvgIpc) is 2.73. The summed E-state index contributed by atoms with van der Waals surface area (Å²) in [4.78, 5) is 36.2. The molecule has 0 atom stereocenters. The van der Waals surface area contributed by atoms with Gasteiger partial charge in [-0.15, -0.1) is 0 Å². The molecule has 0 unspecified atom stereocenters. The van der Waals surface area contributed by atoms with Gasteiger partial charge in [0, 0.05) is 31.9 Å². The lowest BCUT2D eigenvalue weighted by molar-refractivity contribution is -0.142. The molecule has 0 bridgehead atoms. The number of aromatic amines is 1. The molecule has 0 amide bonds. The van der Waals surface area contributed by atoms with Gasteiger partial charge >= 0.3 is 5.97 Å². The molecule has 2 aromatic rings. The Kier molecular flexibility index (Phi) is 7.05. The summed E-state index contributed by atoms with van der Waals surface area (Å²) in [5.74, 6) is 0.879. The van der Waals surface area contributed by atoms with E-state index in [9.17, 15) is 9.59 Å². The second kappa shape index (κ2) is 9.71. The van der Waals surface area contributed by atoms with Gasteiger partial charge in [0.05, 0.1) is 23.4 Å². The second-order valence-corrected chi connectivity index (χ2v) is 7.85. The predicted molar refractivity (Wildman–Crippen MR) is 118 cm³/mol. The van der Waals surface area contributed by atoms with Crippen LogP contribution in [0.2, 0.25) is 0 Å². The number of rotatable bonds is 6. The fourth-order valence-electron chi connectivity index (χ4n) is 3.38. The van der Waals surface area contributed by atoms with Crippen molar-refractivity contribution in [1.29, 1.82) is 0 Å². The summed E-state index contributed by atoms with van der Waals surface area (Å²) in [7, 11) is 0. The van der Waals surface area contributed by atoms with Gasteiger partial charge in [0.2, 0.25) is 0 Å². The van der Waals surface area contributed by atoms with Crippen LogP contribution in [-0.4, -0.2) is 51.9 Å². The van der Waals surface area contributed by atoms with E-state index in [4.69, 9.17) is 4.74 Å². The zero-order chi connectivity index (χ0) is 21.7. The topological polar surface area (TPSA) is 78.5 Å². The highest BCUT2D eigenvalue weighted by molar-refractivity contribution is 5.77. The van der Waals surface area contributed by atoms with E-state index in [1.165, 1.54) is 0 Å². The molecule has 1 fully saturated rings. The number of carbonyl (C=O) groups is 1. The lowest BCUT2D eigenvalue weighted by Gasteiger charge is -2.36. The summed E-state index contributed by atoms with van der Waals surface area (Å²) in [6, 6.07) is 7.39. The number of nitrogens with zero attached hydrogens (tertiary/aromatic N) is 3. The molecule has 0 spiro atoms. The van der Waals surface area contributed by atoms with Crippen molar-refractivity contribution in [3.63, 3.8) is 0 Å². The van der Waals surface area contributed by atoms with Crippen LogP contribution in [0.25, 0.3) is 10.9 Å². The predicted octanol–water partition coefficient (Wildman–Crippen LogP) is 3.05. The molecule has 30 heavy (non-hydrogen) atoms. The summed E-state index contributed by atoms with van der Waals surface area (Å²) in [5.41, 5.74) is 1.70. The highest BCUT2D eigenvalue weighted by Crippen LogP contribution is 2.15. The van der Waals surface area contributed by atoms with E-state index < -0.39 is 0 Å². The molecular formula is C23H30N4O3. The van der Waals surface area contributed by atoms with Gasteiger partial charge in [0.15, 0.2) is 0 Å². The van der Waals surface area contributed by atoms with Crippen LogP contribution in [0, 0.1) is 5.92 Å². The maximum Gasteiger partial charge on any atom is 0.313 e. The molecule has 3 rings (SSSR count). The number of nitrogens with one attached hydrogen (secondary N) is 1. The third-order valence-electron chi connectivity index (χ3n) is 5.23. The second-order valence-electron chi connectivity index (χ2n) is 7.85. The van der Waals surface area contributed by atoms with E-state index in [0.29, 0.717) is 23.5 Å². The molecule has 7 nitrogen and oxygen atoms in total. The molecular weight excluding hydrogens is 380 g/mol. The number of para-hydroxylation sites is 1. The summed E-state index contributed by atoms with van der Waals surface area (Å²) < 4.78 is 5.44. The highest BCUT2D eigenvalue weighted by atomic mass is 16.5. The standard InChI is InChI=1S/C23H30N4O3/c1-5-18(30-23(29)16(2)3)14-17(4)27-12-10-26(11-13-27)15-21-24-20-9-7-6-8-19(20)22(28)25-21/h5-9,14,16H,10-13,15H2,1-4H3,(H,24,25,28)/b17-14+,18-5+. The number of hydrogen-bond donors (Lipinski definition) is 1. The van der Waals surface area contributed by atoms with Crippen LogP contribution in [-0.2, 0) is 16.1 Å². The molecule has 1 N–H and O–H groups in total. The van der Waals surface area contributed by atoms with Crippen LogP contribution in [0.5, 0.6) is 0 Å². The number of hydrogen-bond acceptors (Lipinski definition) is 6. The van der Waals surface area contributed by atoms with Gasteiger partial charge in [0.25, 0.3) is 5.56 Å². The minimum Gasteiger partial charge on any atom is -0.427 e. The van der Waals surface area contributed by atoms with Crippen LogP contribution in [0.3, 0.4) is 0 Å².